The summed E-state index contributed by atoms with van der Waals surface area (Å²) in [5, 5.41) is 25.9. The second kappa shape index (κ2) is 14.7. The number of nitrogens with one attached hydrogen (secondary N) is 2. The molecular formula is C28H36N2O9. The molecule has 1 aliphatic rings. The highest BCUT2D eigenvalue weighted by Gasteiger charge is 2.48. The van der Waals surface area contributed by atoms with E-state index in [2.05, 4.69) is 10.6 Å². The minimum atomic E-state index is -1.40. The van der Waals surface area contributed by atoms with E-state index in [1.807, 2.05) is 60.7 Å². The van der Waals surface area contributed by atoms with Crippen molar-refractivity contribution in [2.24, 2.45) is 0 Å². The van der Waals surface area contributed by atoms with Crippen molar-refractivity contribution in [2.45, 2.75) is 76.8 Å². The number of benzene rings is 2. The minimum Gasteiger partial charge on any atom is -0.459 e. The zero-order chi connectivity index (χ0) is 28.4. The van der Waals surface area contributed by atoms with Crippen molar-refractivity contribution in [2.75, 3.05) is 6.61 Å². The van der Waals surface area contributed by atoms with E-state index in [-0.39, 0.29) is 13.2 Å². The van der Waals surface area contributed by atoms with Gasteiger partial charge in [-0.15, -0.1) is 0 Å². The van der Waals surface area contributed by atoms with Crippen LogP contribution in [0.3, 0.4) is 0 Å². The molecule has 0 radical (unpaired) electrons. The summed E-state index contributed by atoms with van der Waals surface area (Å²) in [5.74, 6) is -1.70. The molecule has 11 nitrogen and oxygen atoms in total. The third-order valence-corrected chi connectivity index (χ3v) is 6.15. The summed E-state index contributed by atoms with van der Waals surface area (Å²) >= 11 is 0. The SMILES string of the molecule is CC(=O)N[C@@H]1[C@H](OCc2ccccc2)O[C@H](CO)[C@@H](O)[C@@H]1O[C@@H](C)C(=O)N[C@@H](C)C(=O)OCc1ccccc1. The van der Waals surface area contributed by atoms with Crippen molar-refractivity contribution >= 4 is 17.8 Å². The summed E-state index contributed by atoms with van der Waals surface area (Å²) in [4.78, 5) is 37.2. The number of amides is 2. The summed E-state index contributed by atoms with van der Waals surface area (Å²) in [6.45, 7) is 3.85. The Labute approximate surface area is 227 Å². The Kier molecular flexibility index (Phi) is 11.4. The topological polar surface area (TPSA) is 153 Å². The highest BCUT2D eigenvalue weighted by atomic mass is 16.7. The summed E-state index contributed by atoms with van der Waals surface area (Å²) in [6.07, 6.45) is -5.92. The summed E-state index contributed by atoms with van der Waals surface area (Å²) in [6, 6.07) is 16.4. The van der Waals surface area contributed by atoms with Crippen molar-refractivity contribution in [3.8, 4) is 0 Å². The molecule has 2 aromatic carbocycles. The van der Waals surface area contributed by atoms with Gasteiger partial charge in [0.15, 0.2) is 6.29 Å². The molecule has 7 atom stereocenters. The van der Waals surface area contributed by atoms with Gasteiger partial charge in [0, 0.05) is 6.92 Å². The Morgan fingerprint density at radius 1 is 0.974 bits per heavy atom. The molecular weight excluding hydrogens is 508 g/mol. The molecule has 2 amide bonds. The molecule has 1 fully saturated rings. The van der Waals surface area contributed by atoms with Crippen LogP contribution in [0.5, 0.6) is 0 Å². The number of rotatable bonds is 12. The van der Waals surface area contributed by atoms with Gasteiger partial charge in [-0.05, 0) is 25.0 Å². The molecule has 0 spiro atoms. The summed E-state index contributed by atoms with van der Waals surface area (Å²) in [7, 11) is 0. The van der Waals surface area contributed by atoms with E-state index in [0.717, 1.165) is 11.1 Å². The lowest BCUT2D eigenvalue weighted by Gasteiger charge is -2.44. The maximum absolute atomic E-state index is 12.9. The Morgan fingerprint density at radius 2 is 1.56 bits per heavy atom. The third kappa shape index (κ3) is 8.84. The van der Waals surface area contributed by atoms with Crippen molar-refractivity contribution in [3.05, 3.63) is 71.8 Å². The predicted molar refractivity (Wildman–Crippen MR) is 139 cm³/mol. The van der Waals surface area contributed by atoms with E-state index < -0.39 is 67.2 Å². The molecule has 0 aliphatic carbocycles. The number of aliphatic hydroxyl groups excluding tert-OH is 2. The Morgan fingerprint density at radius 3 is 2.13 bits per heavy atom. The quantitative estimate of drug-likeness (QED) is 0.284. The van der Waals surface area contributed by atoms with Gasteiger partial charge in [0.05, 0.1) is 13.2 Å². The molecule has 0 unspecified atom stereocenters. The Balaban J connectivity index is 1.64. The van der Waals surface area contributed by atoms with Crippen LogP contribution in [0, 0.1) is 0 Å². The molecule has 0 saturated carbocycles. The van der Waals surface area contributed by atoms with Crippen molar-refractivity contribution in [1.29, 1.82) is 0 Å². The van der Waals surface area contributed by atoms with Gasteiger partial charge in [-0.1, -0.05) is 60.7 Å². The van der Waals surface area contributed by atoms with Gasteiger partial charge in [0.2, 0.25) is 11.8 Å². The van der Waals surface area contributed by atoms with E-state index >= 15 is 0 Å². The lowest BCUT2D eigenvalue weighted by atomic mass is 9.96. The zero-order valence-electron chi connectivity index (χ0n) is 22.2. The Bertz CT molecular complexity index is 1070. The second-order valence-electron chi connectivity index (χ2n) is 9.31. The van der Waals surface area contributed by atoms with Crippen molar-refractivity contribution in [1.82, 2.24) is 10.6 Å². The smallest absolute Gasteiger partial charge is 0.328 e. The molecule has 0 aromatic heterocycles. The fourth-order valence-corrected chi connectivity index (χ4v) is 4.05. The first-order valence-corrected chi connectivity index (χ1v) is 12.7. The molecule has 1 saturated heterocycles. The van der Waals surface area contributed by atoms with E-state index in [0.29, 0.717) is 0 Å². The van der Waals surface area contributed by atoms with Crippen LogP contribution in [-0.2, 0) is 46.5 Å². The fourth-order valence-electron chi connectivity index (χ4n) is 4.05. The highest BCUT2D eigenvalue weighted by Crippen LogP contribution is 2.26. The summed E-state index contributed by atoms with van der Waals surface area (Å²) in [5.41, 5.74) is 1.65. The molecule has 0 bridgehead atoms. The van der Waals surface area contributed by atoms with Crippen LogP contribution < -0.4 is 10.6 Å². The molecule has 1 aliphatic heterocycles. The monoisotopic (exact) mass is 544 g/mol. The standard InChI is InChI=1S/C28H36N2O9/c1-17(27(35)36-15-20-10-6-4-7-11-20)29-26(34)18(2)38-25-23(30-19(3)32)28(39-22(14-31)24(25)33)37-16-21-12-8-5-9-13-21/h4-13,17-18,22-25,28,31,33H,14-16H2,1-3H3,(H,29,34)(H,30,32)/t17-,18-,22+,23-,24+,25+,28+/m0/s1. The predicted octanol–water partition coefficient (Wildman–Crippen LogP) is 0.808. The number of carbonyl (C=O) groups excluding carboxylic acids is 3. The van der Waals surface area contributed by atoms with Crippen molar-refractivity contribution in [3.63, 3.8) is 0 Å². The third-order valence-electron chi connectivity index (χ3n) is 6.15. The van der Waals surface area contributed by atoms with Gasteiger partial charge >= 0.3 is 5.97 Å². The molecule has 39 heavy (non-hydrogen) atoms. The van der Waals surface area contributed by atoms with E-state index in [9.17, 15) is 24.6 Å². The van der Waals surface area contributed by atoms with Gasteiger partial charge in [0.25, 0.3) is 0 Å². The van der Waals surface area contributed by atoms with Crippen LogP contribution in [0.15, 0.2) is 60.7 Å². The molecule has 4 N–H and O–H groups in total. The highest BCUT2D eigenvalue weighted by molar-refractivity contribution is 5.86. The van der Waals surface area contributed by atoms with Gasteiger partial charge in [0.1, 0.15) is 43.1 Å². The largest absolute Gasteiger partial charge is 0.459 e. The van der Waals surface area contributed by atoms with Gasteiger partial charge < -0.3 is 39.8 Å². The van der Waals surface area contributed by atoms with Crippen LogP contribution in [0.2, 0.25) is 0 Å². The number of aliphatic hydroxyl groups is 2. The van der Waals surface area contributed by atoms with Crippen LogP contribution in [-0.4, -0.2) is 77.4 Å². The van der Waals surface area contributed by atoms with E-state index in [4.69, 9.17) is 18.9 Å². The zero-order valence-corrected chi connectivity index (χ0v) is 22.2. The van der Waals surface area contributed by atoms with E-state index in [1.165, 1.54) is 20.8 Å². The number of esters is 1. The lowest BCUT2D eigenvalue weighted by Crippen LogP contribution is -2.66. The number of hydrogen-bond acceptors (Lipinski definition) is 9. The van der Waals surface area contributed by atoms with Crippen LogP contribution in [0.25, 0.3) is 0 Å². The Hall–Kier alpha value is -3.35. The van der Waals surface area contributed by atoms with Crippen LogP contribution >= 0.6 is 0 Å². The first-order valence-electron chi connectivity index (χ1n) is 12.7. The average molecular weight is 545 g/mol. The number of carbonyl (C=O) groups is 3. The lowest BCUT2D eigenvalue weighted by molar-refractivity contribution is -0.283. The van der Waals surface area contributed by atoms with Gasteiger partial charge in [-0.25, -0.2) is 4.79 Å². The molecule has 2 aromatic rings. The molecule has 1 heterocycles. The first-order chi connectivity index (χ1) is 18.7. The number of ether oxygens (including phenoxy) is 4. The van der Waals surface area contributed by atoms with Crippen LogP contribution in [0.4, 0.5) is 0 Å². The molecule has 11 heteroatoms. The fraction of sp³-hybridized carbons (Fsp3) is 0.464. The van der Waals surface area contributed by atoms with E-state index in [1.54, 1.807) is 0 Å². The molecule has 3 rings (SSSR count). The maximum atomic E-state index is 12.9. The first kappa shape index (κ1) is 30.2. The second-order valence-corrected chi connectivity index (χ2v) is 9.31. The number of hydrogen-bond donors (Lipinski definition) is 4. The summed E-state index contributed by atoms with van der Waals surface area (Å²) < 4.78 is 22.8. The maximum Gasteiger partial charge on any atom is 0.328 e. The average Bonchev–Trinajstić information content (AvgIpc) is 2.93. The van der Waals surface area contributed by atoms with Crippen molar-refractivity contribution < 1.29 is 43.5 Å². The van der Waals surface area contributed by atoms with Gasteiger partial charge in [-0.3, -0.25) is 9.59 Å². The minimum absolute atomic E-state index is 0.0610. The van der Waals surface area contributed by atoms with Gasteiger partial charge in [-0.2, -0.15) is 0 Å². The normalized spacial score (nSPS) is 24.3. The van der Waals surface area contributed by atoms with Crippen LogP contribution in [0.1, 0.15) is 31.9 Å². The molecule has 212 valence electrons.